The number of benzene rings is 2. The summed E-state index contributed by atoms with van der Waals surface area (Å²) in [7, 11) is 0. The number of hydrogen-bond donors (Lipinski definition) is 1. The Morgan fingerprint density at radius 1 is 1.06 bits per heavy atom. The summed E-state index contributed by atoms with van der Waals surface area (Å²) in [6, 6.07) is 14.7. The van der Waals surface area contributed by atoms with Gasteiger partial charge in [0.15, 0.2) is 5.78 Å². The van der Waals surface area contributed by atoms with Crippen molar-refractivity contribution in [2.45, 2.75) is 6.42 Å². The smallest absolute Gasteiger partial charge is 0.167 e. The van der Waals surface area contributed by atoms with E-state index in [0.29, 0.717) is 17.7 Å². The average molecular weight is 290 g/mol. The van der Waals surface area contributed by atoms with E-state index in [1.807, 2.05) is 24.3 Å². The van der Waals surface area contributed by atoms with Gasteiger partial charge >= 0.3 is 0 Å². The molecule has 2 aromatic carbocycles. The van der Waals surface area contributed by atoms with Crippen LogP contribution in [0.25, 0.3) is 0 Å². The minimum Gasteiger partial charge on any atom is -0.399 e. The predicted molar refractivity (Wildman–Crippen MR) is 73.0 cm³/mol. The molecule has 0 aliphatic carbocycles. The van der Waals surface area contributed by atoms with Gasteiger partial charge in [-0.15, -0.1) is 0 Å². The van der Waals surface area contributed by atoms with Gasteiger partial charge < -0.3 is 5.73 Å². The minimum atomic E-state index is 0.0944. The zero-order valence-corrected chi connectivity index (χ0v) is 10.8. The normalized spacial score (nSPS) is 10.2. The van der Waals surface area contributed by atoms with Crippen LogP contribution in [0.4, 0.5) is 5.69 Å². The molecule has 2 nitrogen and oxygen atoms in total. The summed E-state index contributed by atoms with van der Waals surface area (Å²) in [4.78, 5) is 12.0. The number of carbonyl (C=O) groups excluding carboxylic acids is 1. The highest BCUT2D eigenvalue weighted by Crippen LogP contribution is 2.18. The molecule has 0 fully saturated rings. The maximum atomic E-state index is 12.0. The molecule has 0 spiro atoms. The molecule has 3 heteroatoms. The van der Waals surface area contributed by atoms with Crippen molar-refractivity contribution >= 4 is 27.4 Å². The van der Waals surface area contributed by atoms with Crippen LogP contribution in [-0.4, -0.2) is 5.78 Å². The van der Waals surface area contributed by atoms with E-state index < -0.39 is 0 Å². The van der Waals surface area contributed by atoms with Crippen LogP contribution in [0.2, 0.25) is 0 Å². The molecule has 86 valence electrons. The molecule has 0 amide bonds. The van der Waals surface area contributed by atoms with E-state index in [2.05, 4.69) is 15.9 Å². The van der Waals surface area contributed by atoms with E-state index in [9.17, 15) is 4.79 Å². The van der Waals surface area contributed by atoms with Gasteiger partial charge in [0.05, 0.1) is 0 Å². The molecule has 0 saturated heterocycles. The van der Waals surface area contributed by atoms with Crippen LogP contribution in [0.1, 0.15) is 15.9 Å². The maximum Gasteiger partial charge on any atom is 0.167 e. The van der Waals surface area contributed by atoms with E-state index >= 15 is 0 Å². The topological polar surface area (TPSA) is 43.1 Å². The van der Waals surface area contributed by atoms with Crippen LogP contribution < -0.4 is 5.73 Å². The predicted octanol–water partition coefficient (Wildman–Crippen LogP) is 3.46. The zero-order chi connectivity index (χ0) is 12.3. The fourth-order valence-corrected chi connectivity index (χ4v) is 2.01. The number of carbonyl (C=O) groups is 1. The van der Waals surface area contributed by atoms with Gasteiger partial charge in [-0.1, -0.05) is 34.1 Å². The number of halogens is 1. The second-order valence-electron chi connectivity index (χ2n) is 3.81. The lowest BCUT2D eigenvalue weighted by molar-refractivity contribution is 0.0993. The van der Waals surface area contributed by atoms with Gasteiger partial charge in [0.2, 0.25) is 0 Å². The molecule has 2 rings (SSSR count). The number of hydrogen-bond acceptors (Lipinski definition) is 2. The van der Waals surface area contributed by atoms with Crippen LogP contribution >= 0.6 is 15.9 Å². The second-order valence-corrected chi connectivity index (χ2v) is 4.67. The van der Waals surface area contributed by atoms with Crippen molar-refractivity contribution in [3.63, 3.8) is 0 Å². The molecule has 17 heavy (non-hydrogen) atoms. The fourth-order valence-electron chi connectivity index (χ4n) is 1.59. The summed E-state index contributed by atoms with van der Waals surface area (Å²) < 4.78 is 0.962. The lowest BCUT2D eigenvalue weighted by Crippen LogP contribution is -2.04. The zero-order valence-electron chi connectivity index (χ0n) is 9.19. The molecule has 0 aliphatic heterocycles. The van der Waals surface area contributed by atoms with Crippen molar-refractivity contribution in [1.29, 1.82) is 0 Å². The van der Waals surface area contributed by atoms with Crippen molar-refractivity contribution in [3.8, 4) is 0 Å². The number of anilines is 1. The number of nitrogens with two attached hydrogens (primary N) is 1. The molecule has 0 aromatic heterocycles. The van der Waals surface area contributed by atoms with Gasteiger partial charge in [0, 0.05) is 22.1 Å². The molecule has 0 aliphatic rings. The molecule has 0 heterocycles. The standard InChI is InChI=1S/C14H12BrNO/c15-13-4-2-1-3-11(13)9-14(17)10-5-7-12(16)8-6-10/h1-8H,9,16H2. The SMILES string of the molecule is Nc1ccc(C(=O)Cc2ccccc2Br)cc1. The van der Waals surface area contributed by atoms with E-state index in [1.165, 1.54) is 0 Å². The van der Waals surface area contributed by atoms with Crippen LogP contribution in [0.5, 0.6) is 0 Å². The molecular weight excluding hydrogens is 278 g/mol. The van der Waals surface area contributed by atoms with Crippen molar-refractivity contribution in [2.75, 3.05) is 5.73 Å². The summed E-state index contributed by atoms with van der Waals surface area (Å²) >= 11 is 3.44. The third kappa shape index (κ3) is 2.94. The summed E-state index contributed by atoms with van der Waals surface area (Å²) in [5, 5.41) is 0. The van der Waals surface area contributed by atoms with Gasteiger partial charge in [-0.25, -0.2) is 0 Å². The first-order chi connectivity index (χ1) is 8.16. The third-order valence-corrected chi connectivity index (χ3v) is 3.32. The summed E-state index contributed by atoms with van der Waals surface area (Å²) in [5.74, 6) is 0.0944. The Bertz CT molecular complexity index is 534. The quantitative estimate of drug-likeness (QED) is 0.695. The maximum absolute atomic E-state index is 12.0. The molecular formula is C14H12BrNO. The largest absolute Gasteiger partial charge is 0.399 e. The fraction of sp³-hybridized carbons (Fsp3) is 0.0714. The summed E-state index contributed by atoms with van der Waals surface area (Å²) in [6.07, 6.45) is 0.394. The van der Waals surface area contributed by atoms with Gasteiger partial charge in [-0.2, -0.15) is 0 Å². The lowest BCUT2D eigenvalue weighted by atomic mass is 10.0. The van der Waals surface area contributed by atoms with Crippen LogP contribution in [0.15, 0.2) is 53.0 Å². The Hall–Kier alpha value is -1.61. The Morgan fingerprint density at radius 3 is 2.35 bits per heavy atom. The lowest BCUT2D eigenvalue weighted by Gasteiger charge is -2.04. The molecule has 0 atom stereocenters. The van der Waals surface area contributed by atoms with Crippen molar-refractivity contribution in [2.24, 2.45) is 0 Å². The Balaban J connectivity index is 2.17. The number of nitrogen functional groups attached to an aromatic ring is 1. The van der Waals surface area contributed by atoms with Crippen molar-refractivity contribution in [3.05, 3.63) is 64.1 Å². The van der Waals surface area contributed by atoms with Gasteiger partial charge in [-0.3, -0.25) is 4.79 Å². The monoisotopic (exact) mass is 289 g/mol. The Labute approximate surface area is 109 Å². The Morgan fingerprint density at radius 2 is 1.71 bits per heavy atom. The van der Waals surface area contributed by atoms with Crippen LogP contribution in [-0.2, 0) is 6.42 Å². The second kappa shape index (κ2) is 5.15. The number of ketones is 1. The van der Waals surface area contributed by atoms with Crippen molar-refractivity contribution < 1.29 is 4.79 Å². The van der Waals surface area contributed by atoms with Gasteiger partial charge in [0.25, 0.3) is 0 Å². The third-order valence-electron chi connectivity index (χ3n) is 2.54. The van der Waals surface area contributed by atoms with Crippen molar-refractivity contribution in [1.82, 2.24) is 0 Å². The molecule has 0 radical (unpaired) electrons. The van der Waals surface area contributed by atoms with E-state index in [-0.39, 0.29) is 5.78 Å². The molecule has 2 N–H and O–H groups in total. The highest BCUT2D eigenvalue weighted by Gasteiger charge is 2.08. The highest BCUT2D eigenvalue weighted by molar-refractivity contribution is 9.10. The average Bonchev–Trinajstić information content (AvgIpc) is 2.33. The summed E-state index contributed by atoms with van der Waals surface area (Å²) in [5.41, 5.74) is 7.94. The van der Waals surface area contributed by atoms with E-state index in [1.54, 1.807) is 24.3 Å². The molecule has 0 bridgehead atoms. The molecule has 2 aromatic rings. The Kier molecular flexibility index (Phi) is 3.59. The van der Waals surface area contributed by atoms with E-state index in [4.69, 9.17) is 5.73 Å². The first-order valence-corrected chi connectivity index (χ1v) is 6.08. The first-order valence-electron chi connectivity index (χ1n) is 5.29. The minimum absolute atomic E-state index is 0.0944. The number of rotatable bonds is 3. The highest BCUT2D eigenvalue weighted by atomic mass is 79.9. The first kappa shape index (κ1) is 11.9. The molecule has 0 saturated carbocycles. The van der Waals surface area contributed by atoms with E-state index in [0.717, 1.165) is 10.0 Å². The summed E-state index contributed by atoms with van der Waals surface area (Å²) in [6.45, 7) is 0. The van der Waals surface area contributed by atoms with Crippen LogP contribution in [0.3, 0.4) is 0 Å². The van der Waals surface area contributed by atoms with Gasteiger partial charge in [0.1, 0.15) is 0 Å². The molecule has 0 unspecified atom stereocenters. The van der Waals surface area contributed by atoms with Gasteiger partial charge in [-0.05, 0) is 35.9 Å². The van der Waals surface area contributed by atoms with Crippen LogP contribution in [0, 0.1) is 0 Å². The number of Topliss-reactive ketones (excluding diaryl/α,β-unsaturated/α-hetero) is 1.